The Morgan fingerprint density at radius 1 is 0.846 bits per heavy atom. The lowest BCUT2D eigenvalue weighted by Crippen LogP contribution is -2.23. The second-order valence-electron chi connectivity index (χ2n) is 6.67. The first-order valence-corrected chi connectivity index (χ1v) is 9.17. The highest BCUT2D eigenvalue weighted by atomic mass is 16.5. The lowest BCUT2D eigenvalue weighted by molar-refractivity contribution is 0.290. The van der Waals surface area contributed by atoms with Crippen molar-refractivity contribution in [3.05, 3.63) is 88.6 Å². The standard InChI is InChI=1S/C22H23N3O/c1-2-4-18(5-3-1)16-26-22-11-10-21(24-25-22)9-7-17-6-8-19-12-13-23-15-20(19)14-17/h1-6,8,10-11,14,23H,7,9,12-13,15-16H2. The highest BCUT2D eigenvalue weighted by Gasteiger charge is 2.09. The summed E-state index contributed by atoms with van der Waals surface area (Å²) in [5.41, 5.74) is 6.39. The van der Waals surface area contributed by atoms with Crippen LogP contribution in [0.15, 0.2) is 60.7 Å². The average Bonchev–Trinajstić information content (AvgIpc) is 2.72. The van der Waals surface area contributed by atoms with Gasteiger partial charge in [0.25, 0.3) is 0 Å². The van der Waals surface area contributed by atoms with Crippen LogP contribution in [0.3, 0.4) is 0 Å². The second kappa shape index (κ2) is 8.11. The smallest absolute Gasteiger partial charge is 0.233 e. The van der Waals surface area contributed by atoms with Gasteiger partial charge in [-0.25, -0.2) is 0 Å². The summed E-state index contributed by atoms with van der Waals surface area (Å²) in [5.74, 6) is 0.567. The lowest BCUT2D eigenvalue weighted by Gasteiger charge is -2.17. The van der Waals surface area contributed by atoms with Crippen molar-refractivity contribution in [3.8, 4) is 5.88 Å². The molecule has 1 aromatic heterocycles. The summed E-state index contributed by atoms with van der Waals surface area (Å²) < 4.78 is 5.69. The highest BCUT2D eigenvalue weighted by molar-refractivity contribution is 5.34. The van der Waals surface area contributed by atoms with E-state index >= 15 is 0 Å². The largest absolute Gasteiger partial charge is 0.472 e. The van der Waals surface area contributed by atoms with E-state index in [2.05, 4.69) is 33.7 Å². The number of aryl methyl sites for hydroxylation is 2. The summed E-state index contributed by atoms with van der Waals surface area (Å²) in [7, 11) is 0. The molecule has 26 heavy (non-hydrogen) atoms. The zero-order valence-electron chi connectivity index (χ0n) is 14.8. The van der Waals surface area contributed by atoms with Crippen LogP contribution in [0.25, 0.3) is 0 Å². The van der Waals surface area contributed by atoms with Gasteiger partial charge in [-0.05, 0) is 54.1 Å². The molecule has 0 fully saturated rings. The Morgan fingerprint density at radius 2 is 1.77 bits per heavy atom. The summed E-state index contributed by atoms with van der Waals surface area (Å²) in [6.07, 6.45) is 3.00. The van der Waals surface area contributed by atoms with Crippen LogP contribution in [0.4, 0.5) is 0 Å². The number of aromatic nitrogens is 2. The lowest BCUT2D eigenvalue weighted by atomic mass is 9.96. The van der Waals surface area contributed by atoms with Gasteiger partial charge < -0.3 is 10.1 Å². The number of nitrogens with one attached hydrogen (secondary N) is 1. The first-order chi connectivity index (χ1) is 12.9. The molecule has 0 saturated heterocycles. The first-order valence-electron chi connectivity index (χ1n) is 9.17. The Labute approximate surface area is 154 Å². The van der Waals surface area contributed by atoms with Gasteiger partial charge in [0.1, 0.15) is 6.61 Å². The average molecular weight is 345 g/mol. The third-order valence-corrected chi connectivity index (χ3v) is 4.75. The third-order valence-electron chi connectivity index (χ3n) is 4.75. The zero-order valence-corrected chi connectivity index (χ0v) is 14.8. The van der Waals surface area contributed by atoms with E-state index in [1.807, 2.05) is 42.5 Å². The summed E-state index contributed by atoms with van der Waals surface area (Å²) in [6.45, 7) is 2.58. The fraction of sp³-hybridized carbons (Fsp3) is 0.273. The van der Waals surface area contributed by atoms with Crippen molar-refractivity contribution >= 4 is 0 Å². The fourth-order valence-electron chi connectivity index (χ4n) is 3.25. The van der Waals surface area contributed by atoms with E-state index in [-0.39, 0.29) is 0 Å². The third kappa shape index (κ3) is 4.27. The van der Waals surface area contributed by atoms with E-state index in [1.165, 1.54) is 16.7 Å². The van der Waals surface area contributed by atoms with E-state index in [1.54, 1.807) is 0 Å². The second-order valence-corrected chi connectivity index (χ2v) is 6.67. The Bertz CT molecular complexity index is 847. The molecule has 2 heterocycles. The quantitative estimate of drug-likeness (QED) is 0.743. The van der Waals surface area contributed by atoms with E-state index in [9.17, 15) is 0 Å². The zero-order chi connectivity index (χ0) is 17.6. The molecule has 4 rings (SSSR count). The van der Waals surface area contributed by atoms with Crippen molar-refractivity contribution < 1.29 is 4.74 Å². The molecule has 4 nitrogen and oxygen atoms in total. The Kier molecular flexibility index (Phi) is 5.22. The van der Waals surface area contributed by atoms with Crippen LogP contribution in [-0.4, -0.2) is 16.7 Å². The topological polar surface area (TPSA) is 47.0 Å². The number of hydrogen-bond acceptors (Lipinski definition) is 4. The molecule has 0 bridgehead atoms. The maximum absolute atomic E-state index is 5.69. The molecule has 132 valence electrons. The first kappa shape index (κ1) is 16.7. The van der Waals surface area contributed by atoms with Crippen molar-refractivity contribution in [2.45, 2.75) is 32.4 Å². The number of ether oxygens (including phenoxy) is 1. The molecule has 1 aliphatic heterocycles. The maximum atomic E-state index is 5.69. The van der Waals surface area contributed by atoms with Gasteiger partial charge in [-0.2, -0.15) is 5.10 Å². The summed E-state index contributed by atoms with van der Waals surface area (Å²) >= 11 is 0. The normalized spacial score (nSPS) is 13.2. The molecule has 1 N–H and O–H groups in total. The van der Waals surface area contributed by atoms with Crippen molar-refractivity contribution in [1.82, 2.24) is 15.5 Å². The van der Waals surface area contributed by atoms with Crippen molar-refractivity contribution in [3.63, 3.8) is 0 Å². The van der Waals surface area contributed by atoms with Crippen LogP contribution in [0.5, 0.6) is 5.88 Å². The molecule has 4 heteroatoms. The summed E-state index contributed by atoms with van der Waals surface area (Å²) in [6, 6.07) is 20.8. The number of benzene rings is 2. The fourth-order valence-corrected chi connectivity index (χ4v) is 3.25. The molecule has 0 spiro atoms. The number of fused-ring (bicyclic) bond motifs is 1. The van der Waals surface area contributed by atoms with Gasteiger partial charge in [0.15, 0.2) is 0 Å². The predicted molar refractivity (Wildman–Crippen MR) is 102 cm³/mol. The van der Waals surface area contributed by atoms with Crippen molar-refractivity contribution in [1.29, 1.82) is 0 Å². The van der Waals surface area contributed by atoms with Crippen LogP contribution in [-0.2, 0) is 32.4 Å². The molecular formula is C22H23N3O. The molecule has 0 unspecified atom stereocenters. The van der Waals surface area contributed by atoms with Gasteiger partial charge in [0.05, 0.1) is 5.69 Å². The van der Waals surface area contributed by atoms with Crippen LogP contribution in [0.1, 0.15) is 27.9 Å². The molecule has 0 atom stereocenters. The Balaban J connectivity index is 1.31. The molecule has 0 aliphatic carbocycles. The van der Waals surface area contributed by atoms with E-state index in [0.29, 0.717) is 12.5 Å². The molecule has 0 radical (unpaired) electrons. The molecular weight excluding hydrogens is 322 g/mol. The van der Waals surface area contributed by atoms with E-state index in [0.717, 1.165) is 43.6 Å². The molecule has 2 aromatic carbocycles. The maximum Gasteiger partial charge on any atom is 0.233 e. The number of rotatable bonds is 6. The van der Waals surface area contributed by atoms with Gasteiger partial charge in [-0.1, -0.05) is 48.5 Å². The van der Waals surface area contributed by atoms with Crippen LogP contribution in [0.2, 0.25) is 0 Å². The van der Waals surface area contributed by atoms with Gasteiger partial charge in [-0.15, -0.1) is 5.10 Å². The summed E-state index contributed by atoms with van der Waals surface area (Å²) in [5, 5.41) is 11.9. The summed E-state index contributed by atoms with van der Waals surface area (Å²) in [4.78, 5) is 0. The van der Waals surface area contributed by atoms with Gasteiger partial charge >= 0.3 is 0 Å². The van der Waals surface area contributed by atoms with Crippen molar-refractivity contribution in [2.24, 2.45) is 0 Å². The molecule has 0 amide bonds. The SMILES string of the molecule is c1ccc(COc2ccc(CCc3ccc4c(c3)CNCC4)nn2)cc1. The molecule has 1 aliphatic rings. The Hall–Kier alpha value is -2.72. The predicted octanol–water partition coefficient (Wildman–Crippen LogP) is 3.49. The number of nitrogens with zero attached hydrogens (tertiary/aromatic N) is 2. The van der Waals surface area contributed by atoms with E-state index in [4.69, 9.17) is 4.74 Å². The van der Waals surface area contributed by atoms with Crippen LogP contribution >= 0.6 is 0 Å². The minimum Gasteiger partial charge on any atom is -0.472 e. The van der Waals surface area contributed by atoms with E-state index < -0.39 is 0 Å². The van der Waals surface area contributed by atoms with Crippen molar-refractivity contribution in [2.75, 3.05) is 6.54 Å². The van der Waals surface area contributed by atoms with Crippen LogP contribution in [0, 0.1) is 0 Å². The molecule has 3 aromatic rings. The number of hydrogen-bond donors (Lipinski definition) is 1. The monoisotopic (exact) mass is 345 g/mol. The van der Waals surface area contributed by atoms with Gasteiger partial charge in [-0.3, -0.25) is 0 Å². The highest BCUT2D eigenvalue weighted by Crippen LogP contribution is 2.17. The van der Waals surface area contributed by atoms with Gasteiger partial charge in [0, 0.05) is 12.6 Å². The molecule has 0 saturated carbocycles. The Morgan fingerprint density at radius 3 is 2.62 bits per heavy atom. The minimum atomic E-state index is 0.512. The minimum absolute atomic E-state index is 0.512. The van der Waals surface area contributed by atoms with Crippen LogP contribution < -0.4 is 10.1 Å². The van der Waals surface area contributed by atoms with Gasteiger partial charge in [0.2, 0.25) is 5.88 Å².